The first-order valence-corrected chi connectivity index (χ1v) is 16.1. The highest BCUT2D eigenvalue weighted by atomic mass is 16.3. The highest BCUT2D eigenvalue weighted by Crippen LogP contribution is 2.51. The molecule has 3 nitrogen and oxygen atoms in total. The molecule has 1 aliphatic rings. The minimum Gasteiger partial charge on any atom is -0.434 e. The van der Waals surface area contributed by atoms with E-state index in [1.54, 1.807) is 0 Å². The van der Waals surface area contributed by atoms with Gasteiger partial charge in [0.05, 0.1) is 5.69 Å². The van der Waals surface area contributed by atoms with Gasteiger partial charge in [-0.2, -0.15) is 0 Å². The Labute approximate surface area is 274 Å². The molecule has 1 aromatic heterocycles. The summed E-state index contributed by atoms with van der Waals surface area (Å²) in [6.45, 7) is 4.66. The Balaban J connectivity index is 1.33. The van der Waals surface area contributed by atoms with Crippen LogP contribution in [0.5, 0.6) is 0 Å². The molecule has 7 aromatic carbocycles. The molecule has 0 saturated carbocycles. The zero-order valence-corrected chi connectivity index (χ0v) is 26.3. The average molecular weight is 605 g/mol. The van der Waals surface area contributed by atoms with Gasteiger partial charge >= 0.3 is 0 Å². The van der Waals surface area contributed by atoms with Gasteiger partial charge in [0.15, 0.2) is 5.58 Å². The summed E-state index contributed by atoms with van der Waals surface area (Å²) in [5.74, 6) is 0.613. The number of hydrogen-bond acceptors (Lipinski definition) is 3. The van der Waals surface area contributed by atoms with Gasteiger partial charge in [0.25, 0.3) is 0 Å². The molecule has 224 valence electrons. The SMILES string of the molecule is CC1(C)c2ccccc2-c2ccc(N(c3cccc(-c4ccccc4)c3)c3cc4ccccc4c4nc(-c5ccccc5)oc34)cc21. The molecule has 0 unspecified atom stereocenters. The third-order valence-corrected chi connectivity index (χ3v) is 9.67. The highest BCUT2D eigenvalue weighted by molar-refractivity contribution is 6.11. The molecule has 8 aromatic rings. The van der Waals surface area contributed by atoms with Crippen LogP contribution in [0.3, 0.4) is 0 Å². The Kier molecular flexibility index (Phi) is 6.16. The van der Waals surface area contributed by atoms with E-state index >= 15 is 0 Å². The minimum atomic E-state index is -0.134. The molecule has 0 aliphatic heterocycles. The lowest BCUT2D eigenvalue weighted by atomic mass is 9.82. The van der Waals surface area contributed by atoms with Crippen LogP contribution in [-0.4, -0.2) is 4.98 Å². The number of hydrogen-bond donors (Lipinski definition) is 0. The van der Waals surface area contributed by atoms with Crippen molar-refractivity contribution in [2.75, 3.05) is 4.90 Å². The smallest absolute Gasteiger partial charge is 0.227 e. The second kappa shape index (κ2) is 10.6. The lowest BCUT2D eigenvalue weighted by Gasteiger charge is -2.28. The molecule has 47 heavy (non-hydrogen) atoms. The second-order valence-corrected chi connectivity index (χ2v) is 12.8. The van der Waals surface area contributed by atoms with Crippen molar-refractivity contribution in [1.82, 2.24) is 4.98 Å². The van der Waals surface area contributed by atoms with E-state index in [4.69, 9.17) is 9.40 Å². The van der Waals surface area contributed by atoms with Crippen LogP contribution < -0.4 is 4.90 Å². The van der Waals surface area contributed by atoms with Crippen LogP contribution in [0.25, 0.3) is 55.6 Å². The van der Waals surface area contributed by atoms with Crippen molar-refractivity contribution < 1.29 is 4.42 Å². The molecule has 3 heteroatoms. The van der Waals surface area contributed by atoms with Crippen molar-refractivity contribution in [3.05, 3.63) is 169 Å². The maximum Gasteiger partial charge on any atom is 0.227 e. The van der Waals surface area contributed by atoms with E-state index < -0.39 is 0 Å². The molecular weight excluding hydrogens is 572 g/mol. The maximum absolute atomic E-state index is 6.76. The Morgan fingerprint density at radius 1 is 0.532 bits per heavy atom. The van der Waals surface area contributed by atoms with E-state index in [0.29, 0.717) is 5.89 Å². The van der Waals surface area contributed by atoms with Crippen molar-refractivity contribution in [2.24, 2.45) is 0 Å². The lowest BCUT2D eigenvalue weighted by molar-refractivity contribution is 0.620. The van der Waals surface area contributed by atoms with Gasteiger partial charge in [0.1, 0.15) is 5.52 Å². The Hall–Kier alpha value is -5.93. The van der Waals surface area contributed by atoms with E-state index in [-0.39, 0.29) is 5.41 Å². The fraction of sp³-hybridized carbons (Fsp3) is 0.0682. The molecule has 9 rings (SSSR count). The number of oxazole rings is 1. The number of anilines is 3. The van der Waals surface area contributed by atoms with E-state index in [9.17, 15) is 0 Å². The van der Waals surface area contributed by atoms with Crippen molar-refractivity contribution in [2.45, 2.75) is 19.3 Å². The fourth-order valence-electron chi connectivity index (χ4n) is 7.31. The normalized spacial score (nSPS) is 13.1. The summed E-state index contributed by atoms with van der Waals surface area (Å²) in [5, 5.41) is 2.18. The number of benzene rings is 7. The van der Waals surface area contributed by atoms with Crippen LogP contribution in [0.2, 0.25) is 0 Å². The van der Waals surface area contributed by atoms with Gasteiger partial charge in [-0.25, -0.2) is 4.98 Å². The van der Waals surface area contributed by atoms with Crippen LogP contribution in [0, 0.1) is 0 Å². The van der Waals surface area contributed by atoms with Crippen LogP contribution in [0.15, 0.2) is 162 Å². The van der Waals surface area contributed by atoms with Crippen molar-refractivity contribution in [3.63, 3.8) is 0 Å². The number of aromatic nitrogens is 1. The molecule has 0 bridgehead atoms. The minimum absolute atomic E-state index is 0.134. The van der Waals surface area contributed by atoms with Crippen molar-refractivity contribution >= 4 is 38.9 Å². The van der Waals surface area contributed by atoms with E-state index in [2.05, 4.69) is 146 Å². The zero-order valence-electron chi connectivity index (χ0n) is 26.3. The topological polar surface area (TPSA) is 29.3 Å². The summed E-state index contributed by atoms with van der Waals surface area (Å²) in [4.78, 5) is 7.47. The zero-order chi connectivity index (χ0) is 31.5. The summed E-state index contributed by atoms with van der Waals surface area (Å²) in [7, 11) is 0. The highest BCUT2D eigenvalue weighted by Gasteiger charge is 2.36. The molecular formula is C44H32N2O. The molecule has 0 N–H and O–H groups in total. The first-order valence-electron chi connectivity index (χ1n) is 16.1. The molecule has 0 amide bonds. The Morgan fingerprint density at radius 3 is 2.02 bits per heavy atom. The Bertz CT molecular complexity index is 2440. The summed E-state index contributed by atoms with van der Waals surface area (Å²) in [6.07, 6.45) is 0. The predicted molar refractivity (Wildman–Crippen MR) is 195 cm³/mol. The third-order valence-electron chi connectivity index (χ3n) is 9.67. The van der Waals surface area contributed by atoms with E-state index in [0.717, 1.165) is 50.1 Å². The van der Waals surface area contributed by atoms with Gasteiger partial charge < -0.3 is 9.32 Å². The molecule has 0 spiro atoms. The van der Waals surface area contributed by atoms with Crippen molar-refractivity contribution in [1.29, 1.82) is 0 Å². The number of fused-ring (bicyclic) bond motifs is 6. The van der Waals surface area contributed by atoms with E-state index in [1.807, 2.05) is 30.3 Å². The van der Waals surface area contributed by atoms with Gasteiger partial charge in [-0.15, -0.1) is 0 Å². The standard InChI is InChI=1S/C44H32N2O/c1-44(2)38-23-12-11-22-36(38)37-25-24-34(28-39(37)44)46(33-20-13-19-31(26-33)29-14-5-3-6-15-29)40-27-32-18-9-10-21-35(32)41-42(40)47-43(45-41)30-16-7-4-8-17-30/h3-28H,1-2H3. The van der Waals surface area contributed by atoms with Gasteiger partial charge in [0, 0.05) is 27.7 Å². The first kappa shape index (κ1) is 27.4. The average Bonchev–Trinajstić information content (AvgIpc) is 3.67. The number of nitrogens with zero attached hydrogens (tertiary/aromatic N) is 2. The third kappa shape index (κ3) is 4.39. The summed E-state index contributed by atoms with van der Waals surface area (Å²) >= 11 is 0. The van der Waals surface area contributed by atoms with Gasteiger partial charge in [-0.3, -0.25) is 0 Å². The van der Waals surface area contributed by atoms with Gasteiger partial charge in [-0.05, 0) is 81.2 Å². The molecule has 1 heterocycles. The quantitative estimate of drug-likeness (QED) is 0.196. The van der Waals surface area contributed by atoms with Crippen molar-refractivity contribution in [3.8, 4) is 33.7 Å². The maximum atomic E-state index is 6.76. The van der Waals surface area contributed by atoms with Crippen LogP contribution >= 0.6 is 0 Å². The molecule has 0 atom stereocenters. The van der Waals surface area contributed by atoms with Crippen LogP contribution in [0.4, 0.5) is 17.1 Å². The molecule has 1 aliphatic carbocycles. The monoisotopic (exact) mass is 604 g/mol. The first-order chi connectivity index (χ1) is 23.1. The molecule has 0 saturated heterocycles. The lowest BCUT2D eigenvalue weighted by Crippen LogP contribution is -2.16. The van der Waals surface area contributed by atoms with Gasteiger partial charge in [0.2, 0.25) is 5.89 Å². The largest absolute Gasteiger partial charge is 0.434 e. The number of rotatable bonds is 5. The summed E-state index contributed by atoms with van der Waals surface area (Å²) in [5.41, 5.74) is 13.1. The molecule has 0 fully saturated rings. The van der Waals surface area contributed by atoms with Gasteiger partial charge in [-0.1, -0.05) is 129 Å². The predicted octanol–water partition coefficient (Wildman–Crippen LogP) is 12.1. The molecule has 0 radical (unpaired) electrons. The van der Waals surface area contributed by atoms with Crippen LogP contribution in [0.1, 0.15) is 25.0 Å². The fourth-order valence-corrected chi connectivity index (χ4v) is 7.31. The van der Waals surface area contributed by atoms with Crippen LogP contribution in [-0.2, 0) is 5.41 Å². The van der Waals surface area contributed by atoms with E-state index in [1.165, 1.54) is 27.8 Å². The summed E-state index contributed by atoms with van der Waals surface area (Å²) in [6, 6.07) is 55.9. The second-order valence-electron chi connectivity index (χ2n) is 12.8. The summed E-state index contributed by atoms with van der Waals surface area (Å²) < 4.78 is 6.76. The Morgan fingerprint density at radius 2 is 1.19 bits per heavy atom.